The van der Waals surface area contributed by atoms with Gasteiger partial charge in [-0.2, -0.15) is 0 Å². The van der Waals surface area contributed by atoms with E-state index in [9.17, 15) is 0 Å². The number of benzene rings is 19. The van der Waals surface area contributed by atoms with Gasteiger partial charge < -0.3 is 0 Å². The molecular formula is C73H12N2. The topological polar surface area (TPSA) is 24.9 Å². The van der Waals surface area contributed by atoms with Gasteiger partial charge in [-0.05, 0) is 331 Å². The normalized spacial score (nSPS) is 23.8. The minimum atomic E-state index is -0.479. The molecule has 1 saturated heterocycles. The van der Waals surface area contributed by atoms with Gasteiger partial charge in [0.2, 0.25) is 0 Å². The lowest BCUT2D eigenvalue weighted by molar-refractivity contribution is 0.332. The van der Waals surface area contributed by atoms with Gasteiger partial charge in [0, 0.05) is 12.2 Å². The highest BCUT2D eigenvalue weighted by atomic mass is 15.1. The summed E-state index contributed by atoms with van der Waals surface area (Å²) < 4.78 is 0. The molecule has 1 aliphatic heterocycles. The van der Waals surface area contributed by atoms with Crippen LogP contribution in [0, 0.1) is 0 Å². The molecule has 5 aliphatic rings. The molecule has 1 fully saturated rings. The van der Waals surface area contributed by atoms with E-state index in [4.69, 9.17) is 10.3 Å². The first-order valence-corrected chi connectivity index (χ1v) is 27.9. The smallest absolute Gasteiger partial charge is 0.0653 e. The van der Waals surface area contributed by atoms with Crippen LogP contribution >= 0.6 is 0 Å². The van der Waals surface area contributed by atoms with Crippen LogP contribution in [0.3, 0.4) is 0 Å². The van der Waals surface area contributed by atoms with Gasteiger partial charge in [0.05, 0.1) is 22.6 Å². The van der Waals surface area contributed by atoms with Crippen molar-refractivity contribution in [2.24, 2.45) is 0 Å². The summed E-state index contributed by atoms with van der Waals surface area (Å²) in [5.41, 5.74) is 8.49. The minimum Gasteiger partial charge on any atom is -0.299 e. The zero-order chi connectivity index (χ0) is 44.6. The Kier molecular flexibility index (Phi) is 2.49. The van der Waals surface area contributed by atoms with Crippen molar-refractivity contribution in [3.63, 3.8) is 0 Å². The van der Waals surface area contributed by atoms with E-state index in [2.05, 4.69) is 54.7 Å². The van der Waals surface area contributed by atoms with Gasteiger partial charge >= 0.3 is 0 Å². The van der Waals surface area contributed by atoms with E-state index in [-0.39, 0.29) is 12.1 Å². The van der Waals surface area contributed by atoms with Gasteiger partial charge in [-0.15, -0.1) is 0 Å². The Morgan fingerprint density at radius 3 is 0.667 bits per heavy atom. The number of hydrogen-bond acceptors (Lipinski definition) is 2. The van der Waals surface area contributed by atoms with E-state index in [1.165, 1.54) is 11.3 Å². The summed E-state index contributed by atoms with van der Waals surface area (Å²) in [6.07, 6.45) is 2.11. The molecule has 35 rings (SSSR count). The van der Waals surface area contributed by atoms with Crippen molar-refractivity contribution in [2.75, 3.05) is 0 Å². The third-order valence-electron chi connectivity index (χ3n) is 26.8. The molecule has 0 amide bonds. The van der Waals surface area contributed by atoms with Gasteiger partial charge in [0.1, 0.15) is 0 Å². The predicted molar refractivity (Wildman–Crippen MR) is 313 cm³/mol. The van der Waals surface area contributed by atoms with Gasteiger partial charge in [0.25, 0.3) is 0 Å². The first-order valence-electron chi connectivity index (χ1n) is 27.9. The Morgan fingerprint density at radius 1 is 0.227 bits per heavy atom. The van der Waals surface area contributed by atoms with Crippen LogP contribution in [0.5, 0.6) is 0 Å². The standard InChI is InChI=1S/C73H12N2/c1-2-6-10(7-3-1)70-72-66-58-50-40-30-22-14-12-13-16-20-18(14)26-34-28(20)38-32-24(16)25-17(13)21-19-15(12)23(22)31-37-27(19)35-29(21)39-33(25)43-42(32)52-46(38)56-48(34)54(44(50)36(26)30)60(66)64(56)68-62(52)63-53(43)47(39)57-49(35)55-45(37)51(41(31)40)59(58)67(72)61(55)65(57)69(63)73(68,72)71(75-70)11-8-4-5-9-74-11/h1-9,70-71,75H/t70-,71+,72?,73?/m1/s1. The SMILES string of the molecule is c1ccc([C@H]2N[C@@H](c3ccccn3)C34c5c6c7c8c9c%10c(c%11c%12c3c3c5c5c%13c6c6c7c7c9c9c%14c%10c%10c%11c%11c%12c%12c3c3c5c5c%13c%13c6c6c7c9c7c9c%14c%10c%10c%11c%11c%12c3c3c5c5c%13c6c7c6c9c%10c%11c3c56)C824)cc1. The largest absolute Gasteiger partial charge is 0.299 e. The van der Waals surface area contributed by atoms with Crippen LogP contribution in [0.1, 0.15) is 45.6 Å². The van der Waals surface area contributed by atoms with Gasteiger partial charge in [-0.3, -0.25) is 10.3 Å². The zero-order valence-electron chi connectivity index (χ0n) is 38.3. The average Bonchev–Trinajstić information content (AvgIpc) is 3.40. The highest BCUT2D eigenvalue weighted by Crippen LogP contribution is 2.88. The number of nitrogens with one attached hydrogen (secondary N) is 1. The van der Waals surface area contributed by atoms with Gasteiger partial charge in [0.15, 0.2) is 0 Å². The first kappa shape index (κ1) is 28.3. The molecule has 2 heteroatoms. The molecule has 314 valence electrons. The number of hydrogen-bond donors (Lipinski definition) is 1. The molecule has 0 radical (unpaired) electrons. The summed E-state index contributed by atoms with van der Waals surface area (Å²) in [4.78, 5) is 5.63. The third-order valence-corrected chi connectivity index (χ3v) is 26.8. The lowest BCUT2D eigenvalue weighted by Gasteiger charge is -2.53. The van der Waals surface area contributed by atoms with E-state index in [0.717, 1.165) is 0 Å². The van der Waals surface area contributed by atoms with Crippen LogP contribution in [-0.4, -0.2) is 4.98 Å². The highest BCUT2D eigenvalue weighted by Gasteiger charge is 2.78. The Hall–Kier alpha value is -9.21. The lowest BCUT2D eigenvalue weighted by Crippen LogP contribution is -2.52. The fourth-order valence-electron chi connectivity index (χ4n) is 26.7. The summed E-state index contributed by atoms with van der Waals surface area (Å²) in [7, 11) is 0. The molecule has 1 aromatic heterocycles. The second kappa shape index (κ2) is 6.60. The van der Waals surface area contributed by atoms with Crippen LogP contribution < -0.4 is 5.32 Å². The summed E-state index contributed by atoms with van der Waals surface area (Å²) in [6.45, 7) is 0. The Bertz CT molecular complexity index is 7100. The average molecular weight is 917 g/mol. The fraction of sp³-hybridized carbons (Fsp3) is 0.0548. The second-order valence-electron chi connectivity index (χ2n) is 27.1. The lowest BCUT2D eigenvalue weighted by atomic mass is 9.45. The summed E-state index contributed by atoms with van der Waals surface area (Å²) in [6, 6.07) is 18.8. The van der Waals surface area contributed by atoms with Crippen LogP contribution in [0.25, 0.3) is 291 Å². The molecule has 2 spiro atoms. The van der Waals surface area contributed by atoms with Gasteiger partial charge in [-0.1, -0.05) is 36.4 Å². The summed E-state index contributed by atoms with van der Waals surface area (Å²) >= 11 is 0. The predicted octanol–water partition coefficient (Wildman–Crippen LogP) is 18.8. The van der Waals surface area contributed by atoms with E-state index in [0.29, 0.717) is 0 Å². The maximum absolute atomic E-state index is 5.63. The summed E-state index contributed by atoms with van der Waals surface area (Å²) in [5, 5.41) is 93.6. The summed E-state index contributed by atoms with van der Waals surface area (Å²) in [5.74, 6) is 0. The number of nitrogens with zero attached hydrogens (tertiary/aromatic N) is 1. The molecule has 0 bridgehead atoms. The second-order valence-corrected chi connectivity index (χ2v) is 27.1. The Labute approximate surface area is 410 Å². The van der Waals surface area contributed by atoms with Crippen molar-refractivity contribution in [1.29, 1.82) is 0 Å². The number of pyridine rings is 1. The first-order chi connectivity index (χ1) is 37.4. The zero-order valence-corrected chi connectivity index (χ0v) is 38.3. The molecule has 0 unspecified atom stereocenters. The van der Waals surface area contributed by atoms with E-state index < -0.39 is 10.8 Å². The van der Waals surface area contributed by atoms with Crippen LogP contribution in [-0.2, 0) is 10.8 Å². The monoisotopic (exact) mass is 916 g/mol. The third kappa shape index (κ3) is 1.57. The fourth-order valence-corrected chi connectivity index (χ4v) is 26.7. The van der Waals surface area contributed by atoms with E-state index >= 15 is 0 Å². The molecule has 4 aliphatic carbocycles. The van der Waals surface area contributed by atoms with Crippen molar-refractivity contribution < 1.29 is 0 Å². The maximum atomic E-state index is 5.63. The molecule has 2 heterocycles. The van der Waals surface area contributed by atoms with Gasteiger partial charge in [-0.25, -0.2) is 0 Å². The Morgan fingerprint density at radius 2 is 0.440 bits per heavy atom. The van der Waals surface area contributed by atoms with Crippen molar-refractivity contribution >= 4 is 291 Å². The molecule has 2 atom stereocenters. The van der Waals surface area contributed by atoms with Crippen molar-refractivity contribution in [1.82, 2.24) is 10.3 Å². The maximum Gasteiger partial charge on any atom is 0.0653 e. The number of rotatable bonds is 2. The molecule has 1 N–H and O–H groups in total. The molecule has 75 heavy (non-hydrogen) atoms. The highest BCUT2D eigenvalue weighted by molar-refractivity contribution is 6.82. The van der Waals surface area contributed by atoms with Crippen LogP contribution in [0.4, 0.5) is 0 Å². The molecule has 0 saturated carbocycles. The Balaban J connectivity index is 1.14. The molecular weight excluding hydrogens is 905 g/mol. The minimum absolute atomic E-state index is 0.00135. The molecule has 30 aromatic rings. The van der Waals surface area contributed by atoms with E-state index in [1.807, 2.05) is 0 Å². The molecule has 29 aromatic carbocycles. The van der Waals surface area contributed by atoms with Crippen LogP contribution in [0.15, 0.2) is 54.7 Å². The van der Waals surface area contributed by atoms with Crippen LogP contribution in [0.2, 0.25) is 0 Å². The van der Waals surface area contributed by atoms with Crippen molar-refractivity contribution in [3.05, 3.63) is 88.2 Å². The van der Waals surface area contributed by atoms with Crippen molar-refractivity contribution in [2.45, 2.75) is 22.9 Å². The van der Waals surface area contributed by atoms with Crippen molar-refractivity contribution in [3.8, 4) is 0 Å². The number of aromatic nitrogens is 1. The van der Waals surface area contributed by atoms with E-state index in [1.54, 1.807) is 313 Å². The molecule has 2 nitrogen and oxygen atoms in total. The quantitative estimate of drug-likeness (QED) is 0.175.